The molecule has 1 saturated carbocycles. The number of nitrogens with one attached hydrogen (secondary N) is 1. The van der Waals surface area contributed by atoms with E-state index in [1.807, 2.05) is 0 Å². The van der Waals surface area contributed by atoms with Crippen molar-refractivity contribution in [3.05, 3.63) is 35.4 Å². The van der Waals surface area contributed by atoms with Gasteiger partial charge < -0.3 is 10.2 Å². The minimum atomic E-state index is 0.778. The minimum Gasteiger partial charge on any atom is -0.313 e. The summed E-state index contributed by atoms with van der Waals surface area (Å²) < 4.78 is 0. The van der Waals surface area contributed by atoms with Crippen LogP contribution in [0.4, 0.5) is 0 Å². The normalized spacial score (nSPS) is 17.0. The van der Waals surface area contributed by atoms with E-state index in [0.29, 0.717) is 0 Å². The highest BCUT2D eigenvalue weighted by Gasteiger charge is 2.12. The Bertz CT molecular complexity index is 369. The zero-order valence-corrected chi connectivity index (χ0v) is 12.5. The molecule has 0 aliphatic heterocycles. The molecule has 0 atom stereocenters. The highest BCUT2D eigenvalue weighted by molar-refractivity contribution is 5.25. The third kappa shape index (κ3) is 4.96. The van der Waals surface area contributed by atoms with Gasteiger partial charge in [-0.1, -0.05) is 43.5 Å². The second-order valence-electron chi connectivity index (χ2n) is 5.95. The van der Waals surface area contributed by atoms with Crippen molar-refractivity contribution in [2.45, 2.75) is 51.6 Å². The van der Waals surface area contributed by atoms with Gasteiger partial charge in [-0.2, -0.15) is 0 Å². The van der Waals surface area contributed by atoms with Gasteiger partial charge in [-0.05, 0) is 37.9 Å². The van der Waals surface area contributed by atoms with Crippen molar-refractivity contribution in [3.63, 3.8) is 0 Å². The molecule has 1 aliphatic rings. The lowest BCUT2D eigenvalue weighted by atomic mass is 9.95. The van der Waals surface area contributed by atoms with Crippen LogP contribution < -0.4 is 5.32 Å². The molecule has 1 N–H and O–H groups in total. The molecule has 106 valence electrons. The highest BCUT2D eigenvalue weighted by Crippen LogP contribution is 2.17. The molecule has 1 aromatic carbocycles. The zero-order valence-electron chi connectivity index (χ0n) is 12.5. The van der Waals surface area contributed by atoms with Crippen molar-refractivity contribution >= 4 is 0 Å². The number of aryl methyl sites for hydroxylation is 1. The summed E-state index contributed by atoms with van der Waals surface area (Å²) in [6.07, 6.45) is 7.02. The number of nitrogens with zero attached hydrogens (tertiary/aromatic N) is 1. The fourth-order valence-electron chi connectivity index (χ4n) is 2.92. The van der Waals surface area contributed by atoms with E-state index < -0.39 is 0 Å². The van der Waals surface area contributed by atoms with Crippen LogP contribution in [0.25, 0.3) is 0 Å². The third-order valence-corrected chi connectivity index (χ3v) is 4.23. The van der Waals surface area contributed by atoms with Gasteiger partial charge in [0.05, 0.1) is 0 Å². The van der Waals surface area contributed by atoms with Gasteiger partial charge in [0.25, 0.3) is 0 Å². The lowest BCUT2D eigenvalue weighted by Gasteiger charge is -2.24. The molecular formula is C17H28N2. The monoisotopic (exact) mass is 260 g/mol. The van der Waals surface area contributed by atoms with Gasteiger partial charge >= 0.3 is 0 Å². The lowest BCUT2D eigenvalue weighted by Crippen LogP contribution is -2.36. The Hall–Kier alpha value is -0.860. The Labute approximate surface area is 118 Å². The first-order valence-corrected chi connectivity index (χ1v) is 7.72. The summed E-state index contributed by atoms with van der Waals surface area (Å²) in [4.78, 5) is 2.41. The fraction of sp³-hybridized carbons (Fsp3) is 0.647. The van der Waals surface area contributed by atoms with Crippen molar-refractivity contribution in [2.75, 3.05) is 20.1 Å². The first kappa shape index (κ1) is 14.5. The van der Waals surface area contributed by atoms with Crippen LogP contribution >= 0.6 is 0 Å². The van der Waals surface area contributed by atoms with E-state index in [1.54, 1.807) is 0 Å². The van der Waals surface area contributed by atoms with Gasteiger partial charge in [-0.15, -0.1) is 0 Å². The van der Waals surface area contributed by atoms with E-state index >= 15 is 0 Å². The van der Waals surface area contributed by atoms with Crippen LogP contribution in [0.15, 0.2) is 24.3 Å². The van der Waals surface area contributed by atoms with Gasteiger partial charge in [0.15, 0.2) is 0 Å². The summed E-state index contributed by atoms with van der Waals surface area (Å²) in [5.74, 6) is 0. The summed E-state index contributed by atoms with van der Waals surface area (Å²) in [5.41, 5.74) is 2.84. The molecule has 0 bridgehead atoms. The molecule has 1 aliphatic carbocycles. The summed E-state index contributed by atoms with van der Waals surface area (Å²) in [7, 11) is 2.22. The third-order valence-electron chi connectivity index (χ3n) is 4.23. The standard InChI is InChI=1S/C17H28N2/c1-15-8-6-7-9-16(15)14-19(2)13-12-18-17-10-4-3-5-11-17/h6-9,17-18H,3-5,10-14H2,1-2H3. The average Bonchev–Trinajstić information content (AvgIpc) is 2.43. The number of hydrogen-bond acceptors (Lipinski definition) is 2. The maximum Gasteiger partial charge on any atom is 0.0233 e. The van der Waals surface area contributed by atoms with Crippen LogP contribution in [0.5, 0.6) is 0 Å². The van der Waals surface area contributed by atoms with Gasteiger partial charge in [-0.25, -0.2) is 0 Å². The first-order chi connectivity index (χ1) is 9.25. The van der Waals surface area contributed by atoms with E-state index in [9.17, 15) is 0 Å². The molecule has 1 fully saturated rings. The second-order valence-corrected chi connectivity index (χ2v) is 5.95. The Morgan fingerprint density at radius 2 is 1.89 bits per heavy atom. The van der Waals surface area contributed by atoms with Crippen LogP contribution in [0.2, 0.25) is 0 Å². The topological polar surface area (TPSA) is 15.3 Å². The quantitative estimate of drug-likeness (QED) is 0.844. The van der Waals surface area contributed by atoms with Crippen molar-refractivity contribution in [1.82, 2.24) is 10.2 Å². The molecule has 0 heterocycles. The van der Waals surface area contributed by atoms with E-state index in [0.717, 1.165) is 25.7 Å². The van der Waals surface area contributed by atoms with E-state index in [1.165, 1.54) is 43.2 Å². The Morgan fingerprint density at radius 3 is 2.63 bits per heavy atom. The number of likely N-dealkylation sites (N-methyl/N-ethyl adjacent to an activating group) is 1. The molecule has 2 heteroatoms. The number of benzene rings is 1. The molecule has 0 radical (unpaired) electrons. The van der Waals surface area contributed by atoms with Gasteiger partial charge in [0.1, 0.15) is 0 Å². The molecular weight excluding hydrogens is 232 g/mol. The molecule has 0 saturated heterocycles. The molecule has 0 aromatic heterocycles. The van der Waals surface area contributed by atoms with Crippen LogP contribution in [-0.4, -0.2) is 31.1 Å². The van der Waals surface area contributed by atoms with Crippen LogP contribution in [-0.2, 0) is 6.54 Å². The summed E-state index contributed by atoms with van der Waals surface area (Å²) in [6, 6.07) is 9.46. The maximum absolute atomic E-state index is 3.71. The fourth-order valence-corrected chi connectivity index (χ4v) is 2.92. The Kier molecular flexibility index (Phi) is 5.87. The van der Waals surface area contributed by atoms with Crippen molar-refractivity contribution in [1.29, 1.82) is 0 Å². The Balaban J connectivity index is 1.67. The second kappa shape index (κ2) is 7.66. The van der Waals surface area contributed by atoms with E-state index in [4.69, 9.17) is 0 Å². The number of rotatable bonds is 6. The summed E-state index contributed by atoms with van der Waals surface area (Å²) >= 11 is 0. The Morgan fingerprint density at radius 1 is 1.16 bits per heavy atom. The van der Waals surface area contributed by atoms with Crippen LogP contribution in [0.1, 0.15) is 43.2 Å². The highest BCUT2D eigenvalue weighted by atomic mass is 15.1. The SMILES string of the molecule is Cc1ccccc1CN(C)CCNC1CCCCC1. The predicted octanol–water partition coefficient (Wildman–Crippen LogP) is 3.35. The molecule has 0 amide bonds. The van der Waals surface area contributed by atoms with Gasteiger partial charge in [0, 0.05) is 25.7 Å². The smallest absolute Gasteiger partial charge is 0.0233 e. The van der Waals surface area contributed by atoms with E-state index in [2.05, 4.69) is 48.5 Å². The molecule has 0 unspecified atom stereocenters. The van der Waals surface area contributed by atoms with Gasteiger partial charge in [-0.3, -0.25) is 0 Å². The maximum atomic E-state index is 3.71. The van der Waals surface area contributed by atoms with Crippen molar-refractivity contribution < 1.29 is 0 Å². The predicted molar refractivity (Wildman–Crippen MR) is 82.4 cm³/mol. The molecule has 1 aromatic rings. The lowest BCUT2D eigenvalue weighted by molar-refractivity contribution is 0.300. The molecule has 2 rings (SSSR count). The van der Waals surface area contributed by atoms with Crippen molar-refractivity contribution in [3.8, 4) is 0 Å². The zero-order chi connectivity index (χ0) is 13.5. The molecule has 0 spiro atoms. The molecule has 2 nitrogen and oxygen atoms in total. The average molecular weight is 260 g/mol. The van der Waals surface area contributed by atoms with Gasteiger partial charge in [0.2, 0.25) is 0 Å². The minimum absolute atomic E-state index is 0.778. The van der Waals surface area contributed by atoms with E-state index in [-0.39, 0.29) is 0 Å². The number of hydrogen-bond donors (Lipinski definition) is 1. The largest absolute Gasteiger partial charge is 0.313 e. The first-order valence-electron chi connectivity index (χ1n) is 7.72. The van der Waals surface area contributed by atoms with Crippen molar-refractivity contribution in [2.24, 2.45) is 0 Å². The summed E-state index contributed by atoms with van der Waals surface area (Å²) in [6.45, 7) is 5.50. The van der Waals surface area contributed by atoms with Crippen LogP contribution in [0, 0.1) is 6.92 Å². The van der Waals surface area contributed by atoms with Crippen LogP contribution in [0.3, 0.4) is 0 Å². The molecule has 19 heavy (non-hydrogen) atoms. The summed E-state index contributed by atoms with van der Waals surface area (Å²) in [5, 5.41) is 3.71.